The highest BCUT2D eigenvalue weighted by Gasteiger charge is 2.06. The summed E-state index contributed by atoms with van der Waals surface area (Å²) in [7, 11) is 0. The summed E-state index contributed by atoms with van der Waals surface area (Å²) in [6.07, 6.45) is 6.35. The molecule has 0 unspecified atom stereocenters. The molecule has 0 radical (unpaired) electrons. The second kappa shape index (κ2) is 8.58. The van der Waals surface area contributed by atoms with Crippen molar-refractivity contribution in [3.63, 3.8) is 0 Å². The van der Waals surface area contributed by atoms with Crippen molar-refractivity contribution in [2.24, 2.45) is 0 Å². The summed E-state index contributed by atoms with van der Waals surface area (Å²) in [6.45, 7) is 2.00. The first-order valence-corrected chi connectivity index (χ1v) is 8.47. The van der Waals surface area contributed by atoms with Gasteiger partial charge in [0.05, 0.1) is 5.56 Å². The van der Waals surface area contributed by atoms with Crippen molar-refractivity contribution < 1.29 is 9.59 Å². The van der Waals surface area contributed by atoms with Crippen molar-refractivity contribution in [3.05, 3.63) is 95.8 Å². The Kier molecular flexibility index (Phi) is 5.74. The van der Waals surface area contributed by atoms with Crippen LogP contribution in [0.1, 0.15) is 21.5 Å². The van der Waals surface area contributed by atoms with Crippen LogP contribution in [-0.4, -0.2) is 16.8 Å². The molecule has 0 aliphatic carbocycles. The fourth-order valence-corrected chi connectivity index (χ4v) is 2.50. The average Bonchev–Trinajstić information content (AvgIpc) is 2.67. The molecule has 5 heteroatoms. The van der Waals surface area contributed by atoms with Gasteiger partial charge in [-0.15, -0.1) is 0 Å². The molecule has 0 atom stereocenters. The number of hydrogen-bond donors (Lipinski definition) is 2. The van der Waals surface area contributed by atoms with E-state index in [1.165, 1.54) is 12.3 Å². The molecule has 5 nitrogen and oxygen atoms in total. The Morgan fingerprint density at radius 2 is 1.70 bits per heavy atom. The molecule has 1 aromatic heterocycles. The molecule has 27 heavy (non-hydrogen) atoms. The first-order chi connectivity index (χ1) is 13.1. The maximum Gasteiger partial charge on any atom is 0.257 e. The van der Waals surface area contributed by atoms with Crippen molar-refractivity contribution in [3.8, 4) is 0 Å². The van der Waals surface area contributed by atoms with E-state index in [0.717, 1.165) is 11.1 Å². The second-order valence-corrected chi connectivity index (χ2v) is 6.01. The third kappa shape index (κ3) is 5.37. The van der Waals surface area contributed by atoms with Crippen LogP contribution in [0.2, 0.25) is 0 Å². The van der Waals surface area contributed by atoms with Gasteiger partial charge in [-0.25, -0.2) is 0 Å². The predicted molar refractivity (Wildman–Crippen MR) is 107 cm³/mol. The van der Waals surface area contributed by atoms with Crippen LogP contribution in [0.25, 0.3) is 6.08 Å². The van der Waals surface area contributed by atoms with E-state index in [4.69, 9.17) is 0 Å². The second-order valence-electron chi connectivity index (χ2n) is 6.01. The van der Waals surface area contributed by atoms with E-state index in [1.807, 2.05) is 31.2 Å². The van der Waals surface area contributed by atoms with E-state index >= 15 is 0 Å². The van der Waals surface area contributed by atoms with Gasteiger partial charge < -0.3 is 10.6 Å². The highest BCUT2D eigenvalue weighted by molar-refractivity contribution is 6.05. The van der Waals surface area contributed by atoms with Crippen molar-refractivity contribution in [2.45, 2.75) is 6.92 Å². The molecule has 2 amide bonds. The quantitative estimate of drug-likeness (QED) is 0.669. The molecule has 0 fully saturated rings. The Labute approximate surface area is 157 Å². The van der Waals surface area contributed by atoms with Gasteiger partial charge in [-0.05, 0) is 48.9 Å². The summed E-state index contributed by atoms with van der Waals surface area (Å²) < 4.78 is 0. The number of aryl methyl sites for hydroxylation is 1. The van der Waals surface area contributed by atoms with Crippen LogP contribution in [0, 0.1) is 6.92 Å². The fourth-order valence-electron chi connectivity index (χ4n) is 2.50. The predicted octanol–water partition coefficient (Wildman–Crippen LogP) is 4.29. The highest BCUT2D eigenvalue weighted by Crippen LogP contribution is 2.16. The molecule has 0 saturated carbocycles. The molecule has 0 bridgehead atoms. The van der Waals surface area contributed by atoms with E-state index in [2.05, 4.69) is 15.6 Å². The zero-order chi connectivity index (χ0) is 19.1. The number of amides is 2. The number of pyridine rings is 1. The molecule has 0 spiro atoms. The maximum absolute atomic E-state index is 12.2. The van der Waals surface area contributed by atoms with Gasteiger partial charge >= 0.3 is 0 Å². The summed E-state index contributed by atoms with van der Waals surface area (Å²) >= 11 is 0. The van der Waals surface area contributed by atoms with Crippen LogP contribution in [0.4, 0.5) is 11.4 Å². The lowest BCUT2D eigenvalue weighted by atomic mass is 10.1. The summed E-state index contributed by atoms with van der Waals surface area (Å²) in [6, 6.07) is 18.3. The number of benzene rings is 2. The molecule has 2 aromatic carbocycles. The lowest BCUT2D eigenvalue weighted by molar-refractivity contribution is -0.111. The molecule has 2 N–H and O–H groups in total. The minimum Gasteiger partial charge on any atom is -0.322 e. The van der Waals surface area contributed by atoms with Gasteiger partial charge in [0.1, 0.15) is 0 Å². The zero-order valence-electron chi connectivity index (χ0n) is 14.8. The zero-order valence-corrected chi connectivity index (χ0v) is 14.8. The third-order valence-electron chi connectivity index (χ3n) is 3.78. The maximum atomic E-state index is 12.2. The van der Waals surface area contributed by atoms with Crippen LogP contribution in [-0.2, 0) is 4.79 Å². The van der Waals surface area contributed by atoms with Crippen molar-refractivity contribution in [1.29, 1.82) is 0 Å². The number of aromatic nitrogens is 1. The standard InChI is InChI=1S/C22H19N3O2/c1-16-5-2-6-17(13-16)10-11-21(26)24-19-8-3-9-20(14-19)25-22(27)18-7-4-12-23-15-18/h2-15H,1H3,(H,24,26)(H,25,27)/b11-10+. The van der Waals surface area contributed by atoms with Crippen LogP contribution < -0.4 is 10.6 Å². The lowest BCUT2D eigenvalue weighted by Gasteiger charge is -2.08. The molecular weight excluding hydrogens is 338 g/mol. The number of rotatable bonds is 5. The van der Waals surface area contributed by atoms with E-state index < -0.39 is 0 Å². The Bertz CT molecular complexity index is 982. The van der Waals surface area contributed by atoms with Crippen LogP contribution >= 0.6 is 0 Å². The third-order valence-corrected chi connectivity index (χ3v) is 3.78. The minimum atomic E-state index is -0.258. The van der Waals surface area contributed by atoms with Crippen LogP contribution in [0.15, 0.2) is 79.1 Å². The summed E-state index contributed by atoms with van der Waals surface area (Å²) in [5.74, 6) is -0.502. The number of nitrogens with one attached hydrogen (secondary N) is 2. The molecule has 0 aliphatic heterocycles. The molecule has 3 aromatic rings. The largest absolute Gasteiger partial charge is 0.322 e. The topological polar surface area (TPSA) is 71.1 Å². The highest BCUT2D eigenvalue weighted by atomic mass is 16.2. The van der Waals surface area contributed by atoms with Gasteiger partial charge in [-0.1, -0.05) is 35.9 Å². The SMILES string of the molecule is Cc1cccc(/C=C/C(=O)Nc2cccc(NC(=O)c3cccnc3)c2)c1. The molecule has 0 saturated heterocycles. The molecule has 1 heterocycles. The van der Waals surface area contributed by atoms with E-state index in [0.29, 0.717) is 16.9 Å². The number of nitrogens with zero attached hydrogens (tertiary/aromatic N) is 1. The average molecular weight is 357 g/mol. The molecule has 134 valence electrons. The van der Waals surface area contributed by atoms with Crippen LogP contribution in [0.3, 0.4) is 0 Å². The minimum absolute atomic E-state index is 0.243. The Morgan fingerprint density at radius 1 is 0.926 bits per heavy atom. The van der Waals surface area contributed by atoms with Crippen molar-refractivity contribution in [1.82, 2.24) is 4.98 Å². The smallest absolute Gasteiger partial charge is 0.257 e. The lowest BCUT2D eigenvalue weighted by Crippen LogP contribution is -2.13. The van der Waals surface area contributed by atoms with E-state index in [9.17, 15) is 9.59 Å². The molecule has 3 rings (SSSR count). The number of carbonyl (C=O) groups is 2. The molecular formula is C22H19N3O2. The van der Waals surface area contributed by atoms with E-state index in [-0.39, 0.29) is 11.8 Å². The Hall–Kier alpha value is -3.73. The summed E-state index contributed by atoms with van der Waals surface area (Å²) in [4.78, 5) is 28.2. The number of hydrogen-bond acceptors (Lipinski definition) is 3. The van der Waals surface area contributed by atoms with Gasteiger partial charge in [0.25, 0.3) is 5.91 Å². The normalized spacial score (nSPS) is 10.6. The first kappa shape index (κ1) is 18.1. The molecule has 0 aliphatic rings. The first-order valence-electron chi connectivity index (χ1n) is 8.47. The van der Waals surface area contributed by atoms with Crippen molar-refractivity contribution in [2.75, 3.05) is 10.6 Å². The van der Waals surface area contributed by atoms with Crippen molar-refractivity contribution >= 4 is 29.3 Å². The van der Waals surface area contributed by atoms with Crippen LogP contribution in [0.5, 0.6) is 0 Å². The van der Waals surface area contributed by atoms with Gasteiger partial charge in [0, 0.05) is 29.8 Å². The monoisotopic (exact) mass is 357 g/mol. The van der Waals surface area contributed by atoms with Gasteiger partial charge in [0.15, 0.2) is 0 Å². The number of carbonyl (C=O) groups excluding carboxylic acids is 2. The summed E-state index contributed by atoms with van der Waals surface area (Å²) in [5, 5.41) is 5.58. The summed E-state index contributed by atoms with van der Waals surface area (Å²) in [5.41, 5.74) is 3.74. The Morgan fingerprint density at radius 3 is 2.44 bits per heavy atom. The van der Waals surface area contributed by atoms with Gasteiger partial charge in [-0.3, -0.25) is 14.6 Å². The van der Waals surface area contributed by atoms with Gasteiger partial charge in [0.2, 0.25) is 5.91 Å². The van der Waals surface area contributed by atoms with E-state index in [1.54, 1.807) is 48.7 Å². The Balaban J connectivity index is 1.63. The number of anilines is 2. The van der Waals surface area contributed by atoms with Gasteiger partial charge in [-0.2, -0.15) is 0 Å². The fraction of sp³-hybridized carbons (Fsp3) is 0.0455.